The highest BCUT2D eigenvalue weighted by molar-refractivity contribution is 6.99. The number of likely N-dealkylation sites (tertiary alicyclic amines) is 1. The molecule has 5 nitrogen and oxygen atoms in total. The summed E-state index contributed by atoms with van der Waals surface area (Å²) in [6, 6.07) is 35.6. The Hall–Kier alpha value is -3.68. The first-order chi connectivity index (χ1) is 23.3. The molecule has 4 atom stereocenters. The first-order valence-corrected chi connectivity index (χ1v) is 19.5. The van der Waals surface area contributed by atoms with Gasteiger partial charge in [0.25, 0.3) is 8.32 Å². The summed E-state index contributed by atoms with van der Waals surface area (Å²) in [6.07, 6.45) is 3.66. The summed E-state index contributed by atoms with van der Waals surface area (Å²) >= 11 is 12.9. The van der Waals surface area contributed by atoms with E-state index in [9.17, 15) is 9.90 Å². The van der Waals surface area contributed by atoms with Crippen LogP contribution >= 0.6 is 23.2 Å². The summed E-state index contributed by atoms with van der Waals surface area (Å²) in [5.74, 6) is -1.44. The van der Waals surface area contributed by atoms with Gasteiger partial charge in [-0.2, -0.15) is 0 Å². The number of carboxylic acid groups (broad SMARTS) is 1. The van der Waals surface area contributed by atoms with Crippen LogP contribution in [0.3, 0.4) is 0 Å². The highest BCUT2D eigenvalue weighted by Gasteiger charge is 2.53. The molecule has 8 heteroatoms. The average molecular weight is 715 g/mol. The number of nitrogens with zero attached hydrogens (tertiary/aromatic N) is 1. The molecule has 1 unspecified atom stereocenters. The predicted molar refractivity (Wildman–Crippen MR) is 202 cm³/mol. The molecular formula is C41H45Cl2NO4Si. The van der Waals surface area contributed by atoms with Crippen LogP contribution in [0.25, 0.3) is 0 Å². The molecule has 1 aliphatic heterocycles. The normalized spacial score (nSPS) is 20.8. The van der Waals surface area contributed by atoms with Crippen LogP contribution in [0, 0.1) is 5.41 Å². The lowest BCUT2D eigenvalue weighted by Gasteiger charge is -2.52. The predicted octanol–water partition coefficient (Wildman–Crippen LogP) is 9.05. The van der Waals surface area contributed by atoms with E-state index in [1.807, 2.05) is 72.5 Å². The van der Waals surface area contributed by atoms with Gasteiger partial charge >= 0.3 is 5.97 Å². The summed E-state index contributed by atoms with van der Waals surface area (Å²) < 4.78 is 7.44. The molecule has 1 heterocycles. The van der Waals surface area contributed by atoms with E-state index in [-0.39, 0.29) is 28.9 Å². The number of halogens is 2. The standard InChI is InChI=1S/C41H45Cl2NO4Si/c1-6-33(28-48-49(40(2,3)4,34-16-9-7-10-17-34)35-18-11-8-12-19-35)44-38(29-20-22-31(42)23-21-29)36(30-14-13-15-32(43)26-30)27-41(5,39(44)47)25-24-37(45)46/h7-26,33,36,38H,6,27-28H2,1-5H3,(H,45,46)/t33?,36-,38-,41+/m1/s1. The fraction of sp³-hybridized carbons (Fsp3) is 0.317. The van der Waals surface area contributed by atoms with Crippen LogP contribution in [0.1, 0.15) is 70.5 Å². The van der Waals surface area contributed by atoms with Crippen molar-refractivity contribution in [1.82, 2.24) is 4.90 Å². The largest absolute Gasteiger partial charge is 0.478 e. The fourth-order valence-corrected chi connectivity index (χ4v) is 12.4. The van der Waals surface area contributed by atoms with Crippen molar-refractivity contribution in [3.63, 3.8) is 0 Å². The van der Waals surface area contributed by atoms with E-state index >= 15 is 4.79 Å². The minimum absolute atomic E-state index is 0.138. The molecule has 1 saturated heterocycles. The van der Waals surface area contributed by atoms with Gasteiger partial charge in [-0.15, -0.1) is 0 Å². The van der Waals surface area contributed by atoms with Crippen LogP contribution in [-0.4, -0.2) is 42.8 Å². The molecule has 0 aliphatic carbocycles. The third kappa shape index (κ3) is 7.58. The van der Waals surface area contributed by atoms with Crippen molar-refractivity contribution >= 4 is 53.8 Å². The summed E-state index contributed by atoms with van der Waals surface area (Å²) in [5, 5.41) is 12.9. The maximum absolute atomic E-state index is 15.0. The number of hydrogen-bond donors (Lipinski definition) is 1. The number of hydrogen-bond acceptors (Lipinski definition) is 3. The Morgan fingerprint density at radius 2 is 1.51 bits per heavy atom. The summed E-state index contributed by atoms with van der Waals surface area (Å²) in [4.78, 5) is 28.8. The molecule has 0 aromatic heterocycles. The Kier molecular flexibility index (Phi) is 11.2. The topological polar surface area (TPSA) is 66.8 Å². The molecule has 256 valence electrons. The zero-order valence-electron chi connectivity index (χ0n) is 28.8. The quantitative estimate of drug-likeness (QED) is 0.124. The lowest BCUT2D eigenvalue weighted by atomic mass is 9.68. The van der Waals surface area contributed by atoms with Gasteiger partial charge in [-0.1, -0.05) is 142 Å². The van der Waals surface area contributed by atoms with E-state index in [2.05, 4.69) is 76.2 Å². The zero-order chi connectivity index (χ0) is 35.4. The molecule has 49 heavy (non-hydrogen) atoms. The minimum Gasteiger partial charge on any atom is -0.478 e. The maximum Gasteiger partial charge on any atom is 0.328 e. The van der Waals surface area contributed by atoms with Crippen molar-refractivity contribution in [2.45, 2.75) is 70.5 Å². The van der Waals surface area contributed by atoms with E-state index in [1.165, 1.54) is 0 Å². The molecule has 1 N–H and O–H groups in total. The monoisotopic (exact) mass is 713 g/mol. The second-order valence-corrected chi connectivity index (χ2v) is 19.4. The highest BCUT2D eigenvalue weighted by Crippen LogP contribution is 2.52. The van der Waals surface area contributed by atoms with Gasteiger partial charge < -0.3 is 14.4 Å². The van der Waals surface area contributed by atoms with Gasteiger partial charge in [0.2, 0.25) is 5.91 Å². The second kappa shape index (κ2) is 15.1. The van der Waals surface area contributed by atoms with Gasteiger partial charge in [0, 0.05) is 22.0 Å². The molecule has 5 rings (SSSR count). The number of carbonyl (C=O) groups excluding carboxylic acids is 1. The van der Waals surface area contributed by atoms with Gasteiger partial charge in [0.05, 0.1) is 24.1 Å². The Labute approximate surface area is 301 Å². The summed E-state index contributed by atoms with van der Waals surface area (Å²) in [5.41, 5.74) is 0.817. The molecule has 4 aromatic rings. The van der Waals surface area contributed by atoms with E-state index in [0.717, 1.165) is 27.6 Å². The highest BCUT2D eigenvalue weighted by atomic mass is 35.5. The molecule has 1 aliphatic rings. The second-order valence-electron chi connectivity index (χ2n) is 14.2. The Morgan fingerprint density at radius 3 is 2.02 bits per heavy atom. The SMILES string of the molecule is CCC(CO[Si](c1ccccc1)(c1ccccc1)C(C)(C)C)N1C(=O)[C@@](C)(C=CC(=O)O)C[C@H](c2cccc(Cl)c2)[C@H]1c1ccc(Cl)cc1. The number of piperidine rings is 1. The number of aliphatic carboxylic acids is 1. The maximum atomic E-state index is 15.0. The first-order valence-electron chi connectivity index (χ1n) is 16.8. The van der Waals surface area contributed by atoms with Crippen LogP contribution in [-0.2, 0) is 14.0 Å². The number of rotatable bonds is 11. The zero-order valence-corrected chi connectivity index (χ0v) is 31.3. The van der Waals surface area contributed by atoms with Crippen molar-refractivity contribution < 1.29 is 19.1 Å². The van der Waals surface area contributed by atoms with Crippen LogP contribution < -0.4 is 10.4 Å². The lowest BCUT2D eigenvalue weighted by molar-refractivity contribution is -0.152. The van der Waals surface area contributed by atoms with Gasteiger partial charge in [-0.05, 0) is 70.6 Å². The average Bonchev–Trinajstić information content (AvgIpc) is 3.08. The van der Waals surface area contributed by atoms with Crippen molar-refractivity contribution in [2.24, 2.45) is 5.41 Å². The van der Waals surface area contributed by atoms with E-state index in [1.54, 1.807) is 6.08 Å². The molecule has 0 spiro atoms. The number of carbonyl (C=O) groups is 2. The van der Waals surface area contributed by atoms with Crippen molar-refractivity contribution in [3.8, 4) is 0 Å². The Bertz CT molecular complexity index is 1740. The number of amides is 1. The van der Waals surface area contributed by atoms with Crippen LogP contribution in [0.2, 0.25) is 15.1 Å². The first kappa shape index (κ1) is 36.6. The molecule has 0 bridgehead atoms. The van der Waals surface area contributed by atoms with Crippen molar-refractivity contribution in [1.29, 1.82) is 0 Å². The smallest absolute Gasteiger partial charge is 0.328 e. The van der Waals surface area contributed by atoms with Gasteiger partial charge in [0.1, 0.15) is 0 Å². The van der Waals surface area contributed by atoms with Crippen molar-refractivity contribution in [3.05, 3.63) is 143 Å². The van der Waals surface area contributed by atoms with Gasteiger partial charge in [0.15, 0.2) is 0 Å². The van der Waals surface area contributed by atoms with Crippen LogP contribution in [0.4, 0.5) is 0 Å². The Morgan fingerprint density at radius 1 is 0.918 bits per heavy atom. The third-order valence-corrected chi connectivity index (χ3v) is 15.4. The molecule has 4 aromatic carbocycles. The van der Waals surface area contributed by atoms with E-state index in [4.69, 9.17) is 27.6 Å². The lowest BCUT2D eigenvalue weighted by Crippen LogP contribution is -2.67. The summed E-state index contributed by atoms with van der Waals surface area (Å²) in [6.45, 7) is 10.9. The molecule has 0 radical (unpaired) electrons. The molecular weight excluding hydrogens is 669 g/mol. The molecule has 1 fully saturated rings. The number of carboxylic acids is 1. The van der Waals surface area contributed by atoms with E-state index in [0.29, 0.717) is 29.5 Å². The van der Waals surface area contributed by atoms with Crippen LogP contribution in [0.5, 0.6) is 0 Å². The van der Waals surface area contributed by atoms with Crippen LogP contribution in [0.15, 0.2) is 121 Å². The Balaban J connectivity index is 1.69. The molecule has 1 amide bonds. The van der Waals surface area contributed by atoms with Gasteiger partial charge in [-0.25, -0.2) is 4.79 Å². The van der Waals surface area contributed by atoms with Gasteiger partial charge in [-0.3, -0.25) is 4.79 Å². The van der Waals surface area contributed by atoms with Crippen molar-refractivity contribution in [2.75, 3.05) is 6.61 Å². The summed E-state index contributed by atoms with van der Waals surface area (Å²) in [7, 11) is -2.94. The minimum atomic E-state index is -2.94. The third-order valence-electron chi connectivity index (χ3n) is 9.90. The number of benzene rings is 4. The fourth-order valence-electron chi connectivity index (χ4n) is 7.53. The molecule has 0 saturated carbocycles. The van der Waals surface area contributed by atoms with E-state index < -0.39 is 19.7 Å².